The average Bonchev–Trinajstić information content (AvgIpc) is 3.12. The summed E-state index contributed by atoms with van der Waals surface area (Å²) in [5.41, 5.74) is 0. The molecule has 1 aromatic heterocycles. The summed E-state index contributed by atoms with van der Waals surface area (Å²) in [6, 6.07) is 4.17. The molecular formula is C14H20N2O3S. The zero-order chi connectivity index (χ0) is 14.5. The Morgan fingerprint density at radius 2 is 2.20 bits per heavy atom. The van der Waals surface area contributed by atoms with Gasteiger partial charge >= 0.3 is 0 Å². The fraction of sp³-hybridized carbons (Fsp3) is 0.571. The summed E-state index contributed by atoms with van der Waals surface area (Å²) < 4.78 is 4.83. The molecule has 0 bridgehead atoms. The minimum Gasteiger partial charge on any atom is -0.383 e. The molecule has 2 amide bonds. The van der Waals surface area contributed by atoms with Gasteiger partial charge in [-0.15, -0.1) is 11.3 Å². The summed E-state index contributed by atoms with van der Waals surface area (Å²) >= 11 is 1.74. The van der Waals surface area contributed by atoms with Gasteiger partial charge in [-0.1, -0.05) is 0 Å². The van der Waals surface area contributed by atoms with Crippen molar-refractivity contribution in [3.63, 3.8) is 0 Å². The van der Waals surface area contributed by atoms with Crippen LogP contribution in [0.3, 0.4) is 0 Å². The van der Waals surface area contributed by atoms with Gasteiger partial charge in [-0.2, -0.15) is 0 Å². The molecule has 6 heteroatoms. The largest absolute Gasteiger partial charge is 0.383 e. The van der Waals surface area contributed by atoms with Crippen LogP contribution in [0.2, 0.25) is 0 Å². The molecule has 5 nitrogen and oxygen atoms in total. The molecule has 0 saturated heterocycles. The molecule has 1 aliphatic carbocycles. The van der Waals surface area contributed by atoms with Crippen molar-refractivity contribution in [2.75, 3.05) is 26.8 Å². The molecular weight excluding hydrogens is 276 g/mol. The Labute approximate surface area is 122 Å². The topological polar surface area (TPSA) is 67.4 Å². The first-order valence-electron chi connectivity index (χ1n) is 6.71. The summed E-state index contributed by atoms with van der Waals surface area (Å²) in [6.45, 7) is 3.04. The van der Waals surface area contributed by atoms with Crippen molar-refractivity contribution in [1.82, 2.24) is 10.6 Å². The lowest BCUT2D eigenvalue weighted by molar-refractivity contribution is -0.126. The predicted molar refractivity (Wildman–Crippen MR) is 77.8 cm³/mol. The lowest BCUT2D eigenvalue weighted by Gasteiger charge is -2.06. The van der Waals surface area contributed by atoms with E-state index in [4.69, 9.17) is 4.74 Å². The highest BCUT2D eigenvalue weighted by molar-refractivity contribution is 7.12. The van der Waals surface area contributed by atoms with Gasteiger partial charge in [0.1, 0.15) is 0 Å². The van der Waals surface area contributed by atoms with Crippen LogP contribution in [-0.2, 0) is 14.3 Å². The van der Waals surface area contributed by atoms with Crippen LogP contribution in [0.5, 0.6) is 0 Å². The van der Waals surface area contributed by atoms with Crippen molar-refractivity contribution >= 4 is 23.2 Å². The number of carbonyl (C=O) groups excluding carboxylic acids is 2. The number of aryl methyl sites for hydroxylation is 1. The fourth-order valence-corrected chi connectivity index (χ4v) is 3.16. The molecule has 110 valence electrons. The van der Waals surface area contributed by atoms with Crippen LogP contribution in [0, 0.1) is 12.8 Å². The highest BCUT2D eigenvalue weighted by atomic mass is 32.1. The third-order valence-electron chi connectivity index (χ3n) is 3.31. The molecule has 2 rings (SSSR count). The highest BCUT2D eigenvalue weighted by Crippen LogP contribution is 2.49. The first-order valence-corrected chi connectivity index (χ1v) is 7.53. The minimum atomic E-state index is -0.181. The van der Waals surface area contributed by atoms with Crippen molar-refractivity contribution in [1.29, 1.82) is 0 Å². The predicted octanol–water partition coefficient (Wildman–Crippen LogP) is 1.04. The monoisotopic (exact) mass is 296 g/mol. The fourth-order valence-electron chi connectivity index (χ4n) is 2.11. The van der Waals surface area contributed by atoms with Gasteiger partial charge in [-0.3, -0.25) is 9.59 Å². The Kier molecular flexibility index (Phi) is 5.14. The number of amides is 2. The van der Waals surface area contributed by atoms with Gasteiger partial charge in [0.2, 0.25) is 11.8 Å². The Bertz CT molecular complexity index is 487. The van der Waals surface area contributed by atoms with Crippen LogP contribution in [-0.4, -0.2) is 38.6 Å². The Morgan fingerprint density at radius 1 is 1.40 bits per heavy atom. The summed E-state index contributed by atoms with van der Waals surface area (Å²) in [4.78, 5) is 25.9. The van der Waals surface area contributed by atoms with Gasteiger partial charge in [-0.05, 0) is 25.5 Å². The molecule has 2 atom stereocenters. The first kappa shape index (κ1) is 15.0. The Hall–Kier alpha value is -1.40. The smallest absolute Gasteiger partial charge is 0.239 e. The second-order valence-corrected chi connectivity index (χ2v) is 6.28. The lowest BCUT2D eigenvalue weighted by atomic mass is 10.2. The Morgan fingerprint density at radius 3 is 2.85 bits per heavy atom. The molecule has 1 aromatic rings. The van der Waals surface area contributed by atoms with E-state index in [0.29, 0.717) is 19.1 Å². The molecule has 20 heavy (non-hydrogen) atoms. The number of hydrogen-bond donors (Lipinski definition) is 2. The van der Waals surface area contributed by atoms with Crippen LogP contribution in [0.4, 0.5) is 0 Å². The summed E-state index contributed by atoms with van der Waals surface area (Å²) in [5, 5.41) is 5.36. The van der Waals surface area contributed by atoms with Crippen LogP contribution >= 0.6 is 11.3 Å². The number of hydrogen-bond acceptors (Lipinski definition) is 4. The minimum absolute atomic E-state index is 0.0251. The van der Waals surface area contributed by atoms with Gasteiger partial charge in [-0.25, -0.2) is 0 Å². The molecule has 0 spiro atoms. The molecule has 2 N–H and O–H groups in total. The zero-order valence-electron chi connectivity index (χ0n) is 11.8. The van der Waals surface area contributed by atoms with Crippen LogP contribution < -0.4 is 10.6 Å². The van der Waals surface area contributed by atoms with E-state index in [1.807, 2.05) is 0 Å². The number of rotatable bonds is 7. The normalized spacial score (nSPS) is 20.5. The SMILES string of the molecule is COCCNC(=O)CNC(=O)[C@@H]1C[C@H]1c1ccc(C)s1. The third kappa shape index (κ3) is 4.05. The molecule has 1 aliphatic rings. The van der Waals surface area contributed by atoms with Crippen molar-refractivity contribution in [2.45, 2.75) is 19.3 Å². The number of nitrogens with one attached hydrogen (secondary N) is 2. The molecule has 0 aromatic carbocycles. The number of thiophene rings is 1. The number of methoxy groups -OCH3 is 1. The van der Waals surface area contributed by atoms with E-state index >= 15 is 0 Å². The number of carbonyl (C=O) groups is 2. The maximum Gasteiger partial charge on any atom is 0.239 e. The molecule has 0 unspecified atom stereocenters. The Balaban J connectivity index is 1.68. The molecule has 0 radical (unpaired) electrons. The standard InChI is InChI=1S/C14H20N2O3S/c1-9-3-4-12(20-9)10-7-11(10)14(18)16-8-13(17)15-5-6-19-2/h3-4,10-11H,5-8H2,1-2H3,(H,15,17)(H,16,18)/t10-,11-/m1/s1. The second-order valence-electron chi connectivity index (χ2n) is 4.96. The second kappa shape index (κ2) is 6.85. The summed E-state index contributed by atoms with van der Waals surface area (Å²) in [7, 11) is 1.58. The van der Waals surface area contributed by atoms with Crippen LogP contribution in [0.1, 0.15) is 22.1 Å². The van der Waals surface area contributed by atoms with Crippen molar-refractivity contribution in [2.24, 2.45) is 5.92 Å². The van der Waals surface area contributed by atoms with Crippen LogP contribution in [0.25, 0.3) is 0 Å². The maximum absolute atomic E-state index is 11.9. The third-order valence-corrected chi connectivity index (χ3v) is 4.44. The van der Waals surface area contributed by atoms with E-state index in [1.165, 1.54) is 9.75 Å². The van der Waals surface area contributed by atoms with Gasteiger partial charge < -0.3 is 15.4 Å². The van der Waals surface area contributed by atoms with E-state index in [-0.39, 0.29) is 24.3 Å². The van der Waals surface area contributed by atoms with E-state index in [0.717, 1.165) is 6.42 Å². The van der Waals surface area contributed by atoms with Crippen molar-refractivity contribution in [3.8, 4) is 0 Å². The van der Waals surface area contributed by atoms with E-state index in [2.05, 4.69) is 29.7 Å². The van der Waals surface area contributed by atoms with Gasteiger partial charge in [0.25, 0.3) is 0 Å². The summed E-state index contributed by atoms with van der Waals surface area (Å²) in [6.07, 6.45) is 0.886. The quantitative estimate of drug-likeness (QED) is 0.739. The van der Waals surface area contributed by atoms with Gasteiger partial charge in [0.05, 0.1) is 13.2 Å². The average molecular weight is 296 g/mol. The van der Waals surface area contributed by atoms with Crippen molar-refractivity contribution < 1.29 is 14.3 Å². The molecule has 0 aliphatic heterocycles. The lowest BCUT2D eigenvalue weighted by Crippen LogP contribution is -2.38. The van der Waals surface area contributed by atoms with Gasteiger partial charge in [0, 0.05) is 35.2 Å². The molecule has 1 saturated carbocycles. The van der Waals surface area contributed by atoms with Gasteiger partial charge in [0.15, 0.2) is 0 Å². The number of ether oxygens (including phenoxy) is 1. The highest BCUT2D eigenvalue weighted by Gasteiger charge is 2.44. The zero-order valence-corrected chi connectivity index (χ0v) is 12.6. The van der Waals surface area contributed by atoms with E-state index in [1.54, 1.807) is 18.4 Å². The van der Waals surface area contributed by atoms with E-state index < -0.39 is 0 Å². The molecule has 1 heterocycles. The van der Waals surface area contributed by atoms with E-state index in [9.17, 15) is 9.59 Å². The maximum atomic E-state index is 11.9. The molecule has 1 fully saturated rings. The van der Waals surface area contributed by atoms with Crippen LogP contribution in [0.15, 0.2) is 12.1 Å². The summed E-state index contributed by atoms with van der Waals surface area (Å²) in [5.74, 6) is 0.160. The van der Waals surface area contributed by atoms with Crippen molar-refractivity contribution in [3.05, 3.63) is 21.9 Å². The first-order chi connectivity index (χ1) is 9.61.